The Morgan fingerprint density at radius 2 is 1.19 bits per heavy atom. The molecule has 0 heterocycles. The van der Waals surface area contributed by atoms with Crippen molar-refractivity contribution in [1.29, 1.82) is 0 Å². The Bertz CT molecular complexity index is 1540. The van der Waals surface area contributed by atoms with Gasteiger partial charge in [-0.15, -0.1) is 0 Å². The zero-order chi connectivity index (χ0) is 47.5. The number of amides is 4. The second-order valence-electron chi connectivity index (χ2n) is 23.6. The second-order valence-corrected chi connectivity index (χ2v) is 23.6. The van der Waals surface area contributed by atoms with Gasteiger partial charge in [-0.05, 0) is 180 Å². The number of alkyl carbamates (subject to hydrolysis) is 2. The van der Waals surface area contributed by atoms with Crippen LogP contribution >= 0.6 is 0 Å². The second kappa shape index (κ2) is 23.5. The van der Waals surface area contributed by atoms with Gasteiger partial charge in [-0.2, -0.15) is 0 Å². The number of carbonyl (C=O) groups excluding carboxylic acids is 4. The van der Waals surface area contributed by atoms with E-state index in [-0.39, 0.29) is 11.5 Å². The summed E-state index contributed by atoms with van der Waals surface area (Å²) in [6, 6.07) is 0. The van der Waals surface area contributed by atoms with Crippen LogP contribution in [-0.2, 0) is 18.9 Å². The maximum atomic E-state index is 13.3. The lowest BCUT2D eigenvalue weighted by Crippen LogP contribution is -2.48. The van der Waals surface area contributed by atoms with Gasteiger partial charge in [0.15, 0.2) is 0 Å². The van der Waals surface area contributed by atoms with Gasteiger partial charge in [0.2, 0.25) is 0 Å². The fraction of sp³-hybridized carbons (Fsp3) is 0.885. The van der Waals surface area contributed by atoms with E-state index in [2.05, 4.69) is 44.4 Å². The van der Waals surface area contributed by atoms with Gasteiger partial charge in [-0.3, -0.25) is 0 Å². The third-order valence-corrected chi connectivity index (χ3v) is 14.4. The number of nitrogens with one attached hydrogen (secondary N) is 2. The first-order chi connectivity index (χ1) is 29.8. The third kappa shape index (κ3) is 16.9. The monoisotopic (exact) mass is 901 g/mol. The Balaban J connectivity index is 1.22. The van der Waals surface area contributed by atoms with Gasteiger partial charge in [0, 0.05) is 45.7 Å². The Morgan fingerprint density at radius 1 is 0.656 bits per heavy atom. The number of hydrogen-bond acceptors (Lipinski definition) is 8. The summed E-state index contributed by atoms with van der Waals surface area (Å²) in [5.41, 5.74) is -0.178. The lowest BCUT2D eigenvalue weighted by Gasteiger charge is -2.55. The van der Waals surface area contributed by atoms with Gasteiger partial charge >= 0.3 is 24.4 Å². The average Bonchev–Trinajstić information content (AvgIpc) is 3.61. The smallest absolute Gasteiger partial charge is 0.410 e. The molecule has 4 amide bonds. The van der Waals surface area contributed by atoms with E-state index >= 15 is 0 Å². The Hall–Kier alpha value is -3.18. The van der Waals surface area contributed by atoms with Crippen molar-refractivity contribution in [3.8, 4) is 0 Å². The molecule has 4 aliphatic rings. The minimum Gasteiger partial charge on any atom is -0.446 e. The van der Waals surface area contributed by atoms with Crippen molar-refractivity contribution < 1.29 is 38.1 Å². The van der Waals surface area contributed by atoms with Gasteiger partial charge in [0.25, 0.3) is 0 Å². The molecular formula is C52H92N4O8. The molecule has 4 rings (SSSR count). The summed E-state index contributed by atoms with van der Waals surface area (Å²) in [5, 5.41) is 5.71. The molecule has 0 aromatic heterocycles. The standard InChI is InChI=1S/C52H92N4O8/c1-36(2)19-16-20-37(3)40-23-24-42-41(40)25-26-44-43(42)22-21-38-35-39(27-28-52(38,44)13)61-45(57)53-29-17-33-55(47(59)63-50(7,8)9)31-14-15-32-56(48(60)64-51(10,11)12)34-18-30-54-46(58)62-49(4,5)6/h21,36-37,39-44H,14-20,22-35H2,1-13H3,(H,53,57)(H,54,58)/t37-,39+,40-,41-,42-,43+,44+,52+/m1/s1. The molecule has 4 aliphatic carbocycles. The Morgan fingerprint density at radius 3 is 1.73 bits per heavy atom. The Kier molecular flexibility index (Phi) is 19.6. The molecule has 0 spiro atoms. The van der Waals surface area contributed by atoms with Gasteiger partial charge in [0.1, 0.15) is 22.9 Å². The molecule has 0 aromatic rings. The number of unbranched alkanes of at least 4 members (excludes halogenated alkanes) is 1. The highest BCUT2D eigenvalue weighted by atomic mass is 16.6. The molecule has 368 valence electrons. The molecule has 0 aromatic carbocycles. The number of fused-ring (bicyclic) bond motifs is 5. The van der Waals surface area contributed by atoms with Crippen molar-refractivity contribution in [3.63, 3.8) is 0 Å². The first kappa shape index (κ1) is 53.4. The highest BCUT2D eigenvalue weighted by Gasteiger charge is 2.55. The van der Waals surface area contributed by atoms with E-state index < -0.39 is 41.2 Å². The molecule has 12 nitrogen and oxygen atoms in total. The van der Waals surface area contributed by atoms with Crippen molar-refractivity contribution >= 4 is 24.4 Å². The summed E-state index contributed by atoms with van der Waals surface area (Å²) >= 11 is 0. The van der Waals surface area contributed by atoms with E-state index in [4.69, 9.17) is 18.9 Å². The first-order valence-corrected chi connectivity index (χ1v) is 25.4. The largest absolute Gasteiger partial charge is 0.446 e. The molecule has 3 saturated carbocycles. The van der Waals surface area contributed by atoms with Crippen LogP contribution in [-0.4, -0.2) is 96.3 Å². The molecule has 0 radical (unpaired) electrons. The zero-order valence-corrected chi connectivity index (χ0v) is 42.7. The normalized spacial score (nSPS) is 26.1. The summed E-state index contributed by atoms with van der Waals surface area (Å²) in [6.07, 6.45) is 16.7. The fourth-order valence-corrected chi connectivity index (χ4v) is 11.5. The molecule has 2 N–H and O–H groups in total. The molecule has 8 atom stereocenters. The van der Waals surface area contributed by atoms with Crippen LogP contribution in [0.2, 0.25) is 0 Å². The summed E-state index contributed by atoms with van der Waals surface area (Å²) in [5.74, 6) is 5.90. The van der Waals surface area contributed by atoms with Crippen LogP contribution in [0.1, 0.15) is 186 Å². The SMILES string of the molecule is CC(C)CCC[C@@H](C)[C@H]1CC[C@@H]2[C@@H]1CC[C@H]1[C@H]2CC=C2C[C@@H](OC(=O)NCCCN(CCCCN(CCCNC(=O)OC(C)(C)C)C(=O)OC(C)(C)C)C(=O)OC(C)(C)C)CC[C@@]21C. The fourth-order valence-electron chi connectivity index (χ4n) is 11.5. The number of carbonyl (C=O) groups is 4. The van der Waals surface area contributed by atoms with Crippen LogP contribution in [0.15, 0.2) is 11.6 Å². The lowest BCUT2D eigenvalue weighted by atomic mass is 9.50. The van der Waals surface area contributed by atoms with Gasteiger partial charge in [0.05, 0.1) is 0 Å². The highest BCUT2D eigenvalue weighted by molar-refractivity contribution is 5.69. The maximum Gasteiger partial charge on any atom is 0.410 e. The molecular weight excluding hydrogens is 809 g/mol. The van der Waals surface area contributed by atoms with Crippen LogP contribution in [0.3, 0.4) is 0 Å². The zero-order valence-electron chi connectivity index (χ0n) is 42.7. The van der Waals surface area contributed by atoms with E-state index in [0.717, 1.165) is 60.7 Å². The third-order valence-electron chi connectivity index (χ3n) is 14.4. The summed E-state index contributed by atoms with van der Waals surface area (Å²) in [6.45, 7) is 28.6. The quantitative estimate of drug-likeness (QED) is 0.0743. The van der Waals surface area contributed by atoms with Crippen molar-refractivity contribution in [3.05, 3.63) is 11.6 Å². The number of ether oxygens (including phenoxy) is 4. The van der Waals surface area contributed by atoms with Crippen molar-refractivity contribution in [2.75, 3.05) is 39.3 Å². The highest BCUT2D eigenvalue weighted by Crippen LogP contribution is 2.63. The van der Waals surface area contributed by atoms with Crippen LogP contribution in [0.4, 0.5) is 19.2 Å². The lowest BCUT2D eigenvalue weighted by molar-refractivity contribution is -0.0182. The summed E-state index contributed by atoms with van der Waals surface area (Å²) in [4.78, 5) is 55.0. The minimum absolute atomic E-state index is 0.116. The molecule has 0 saturated heterocycles. The van der Waals surface area contributed by atoms with Gasteiger partial charge < -0.3 is 39.4 Å². The minimum atomic E-state index is -0.659. The number of rotatable bonds is 19. The van der Waals surface area contributed by atoms with Crippen LogP contribution in [0.25, 0.3) is 0 Å². The van der Waals surface area contributed by atoms with Crippen LogP contribution in [0.5, 0.6) is 0 Å². The molecule has 0 bridgehead atoms. The number of allylic oxidation sites excluding steroid dienone is 1. The van der Waals surface area contributed by atoms with E-state index in [1.165, 1.54) is 56.9 Å². The van der Waals surface area contributed by atoms with E-state index in [9.17, 15) is 19.2 Å². The average molecular weight is 901 g/mol. The predicted molar refractivity (Wildman–Crippen MR) is 255 cm³/mol. The van der Waals surface area contributed by atoms with Crippen molar-refractivity contribution in [2.45, 2.75) is 209 Å². The maximum absolute atomic E-state index is 13.3. The molecule has 0 aliphatic heterocycles. The van der Waals surface area contributed by atoms with Crippen LogP contribution in [0, 0.1) is 46.8 Å². The number of hydrogen-bond donors (Lipinski definition) is 2. The molecule has 3 fully saturated rings. The Labute approximate surface area is 388 Å². The predicted octanol–water partition coefficient (Wildman–Crippen LogP) is 12.3. The van der Waals surface area contributed by atoms with Crippen LogP contribution < -0.4 is 10.6 Å². The van der Waals surface area contributed by atoms with E-state index in [1.807, 2.05) is 62.3 Å². The molecule has 0 unspecified atom stereocenters. The summed E-state index contributed by atoms with van der Waals surface area (Å²) in [7, 11) is 0. The topological polar surface area (TPSA) is 136 Å². The van der Waals surface area contributed by atoms with Gasteiger partial charge in [-0.1, -0.05) is 58.6 Å². The summed E-state index contributed by atoms with van der Waals surface area (Å²) < 4.78 is 22.8. The molecule has 12 heteroatoms. The number of nitrogens with zero attached hydrogens (tertiary/aromatic N) is 2. The molecule has 64 heavy (non-hydrogen) atoms. The van der Waals surface area contributed by atoms with Crippen molar-refractivity contribution in [2.24, 2.45) is 46.8 Å². The van der Waals surface area contributed by atoms with E-state index in [0.29, 0.717) is 65.0 Å². The first-order valence-electron chi connectivity index (χ1n) is 25.4. The van der Waals surface area contributed by atoms with Gasteiger partial charge in [-0.25, -0.2) is 19.2 Å². The van der Waals surface area contributed by atoms with Crippen molar-refractivity contribution in [1.82, 2.24) is 20.4 Å². The van der Waals surface area contributed by atoms with E-state index in [1.54, 1.807) is 9.80 Å².